The van der Waals surface area contributed by atoms with Crippen LogP contribution in [0.2, 0.25) is 0 Å². The summed E-state index contributed by atoms with van der Waals surface area (Å²) >= 11 is 1.49. The Morgan fingerprint density at radius 1 is 1.47 bits per heavy atom. The minimum Gasteiger partial charge on any atom is -0.345 e. The first kappa shape index (κ1) is 11.5. The van der Waals surface area contributed by atoms with E-state index >= 15 is 0 Å². The van der Waals surface area contributed by atoms with Crippen LogP contribution in [-0.4, -0.2) is 15.9 Å². The predicted molar refractivity (Wildman–Crippen MR) is 65.3 cm³/mol. The van der Waals surface area contributed by atoms with Crippen molar-refractivity contribution in [1.29, 1.82) is 0 Å². The van der Waals surface area contributed by atoms with E-state index in [-0.39, 0.29) is 5.91 Å². The molecule has 6 nitrogen and oxygen atoms in total. The van der Waals surface area contributed by atoms with Crippen molar-refractivity contribution >= 4 is 22.9 Å². The second kappa shape index (κ2) is 5.37. The fourth-order valence-corrected chi connectivity index (χ4v) is 1.79. The number of amides is 1. The Morgan fingerprint density at radius 2 is 2.35 bits per heavy atom. The van der Waals surface area contributed by atoms with Crippen LogP contribution in [0.25, 0.3) is 0 Å². The molecule has 2 aromatic rings. The van der Waals surface area contributed by atoms with Crippen molar-refractivity contribution in [3.05, 3.63) is 40.6 Å². The van der Waals surface area contributed by atoms with Crippen molar-refractivity contribution in [2.45, 2.75) is 6.54 Å². The first-order valence-electron chi connectivity index (χ1n) is 4.87. The van der Waals surface area contributed by atoms with E-state index in [1.165, 1.54) is 17.5 Å². The summed E-state index contributed by atoms with van der Waals surface area (Å²) in [5.74, 6) is 5.00. The monoisotopic (exact) mass is 249 g/mol. The molecule has 2 heterocycles. The number of anilines is 1. The number of nitrogens with one attached hydrogen (secondary N) is 2. The molecular formula is C10H11N5OS. The molecular weight excluding hydrogens is 238 g/mol. The third-order valence-corrected chi connectivity index (χ3v) is 2.71. The van der Waals surface area contributed by atoms with Gasteiger partial charge in [0.2, 0.25) is 0 Å². The number of aromatic nitrogens is 2. The number of hydrogen-bond donors (Lipinski definition) is 3. The Balaban J connectivity index is 1.99. The molecule has 0 aromatic carbocycles. The third-order valence-electron chi connectivity index (χ3n) is 2.07. The minimum atomic E-state index is -0.255. The third kappa shape index (κ3) is 2.99. The van der Waals surface area contributed by atoms with Crippen LogP contribution < -0.4 is 16.6 Å². The molecule has 88 valence electrons. The largest absolute Gasteiger partial charge is 0.345 e. The normalized spacial score (nSPS) is 9.94. The number of thiazole rings is 1. The van der Waals surface area contributed by atoms with Crippen molar-refractivity contribution in [2.75, 3.05) is 5.43 Å². The van der Waals surface area contributed by atoms with Gasteiger partial charge in [0.15, 0.2) is 0 Å². The lowest BCUT2D eigenvalue weighted by molar-refractivity contribution is 0.0945. The lowest BCUT2D eigenvalue weighted by Gasteiger charge is -2.04. The van der Waals surface area contributed by atoms with E-state index in [0.29, 0.717) is 17.9 Å². The second-order valence-electron chi connectivity index (χ2n) is 3.24. The molecule has 0 unspecified atom stereocenters. The van der Waals surface area contributed by atoms with Gasteiger partial charge in [-0.15, -0.1) is 11.3 Å². The van der Waals surface area contributed by atoms with Gasteiger partial charge in [-0.05, 0) is 12.1 Å². The standard InChI is InChI=1S/C10H11N5OS/c11-15-7-1-2-12-9(3-7)10(16)13-4-8-5-17-6-14-8/h1-3,5-6H,4,11H2,(H,12,15)(H,13,16). The molecule has 0 aliphatic carbocycles. The van der Waals surface area contributed by atoms with Crippen LogP contribution in [0.3, 0.4) is 0 Å². The summed E-state index contributed by atoms with van der Waals surface area (Å²) in [5.41, 5.74) is 5.97. The molecule has 0 atom stereocenters. The molecule has 7 heteroatoms. The Morgan fingerprint density at radius 3 is 3.06 bits per heavy atom. The van der Waals surface area contributed by atoms with E-state index in [0.717, 1.165) is 5.69 Å². The first-order valence-corrected chi connectivity index (χ1v) is 5.82. The average molecular weight is 249 g/mol. The highest BCUT2D eigenvalue weighted by Crippen LogP contribution is 2.06. The van der Waals surface area contributed by atoms with Gasteiger partial charge in [0.1, 0.15) is 5.69 Å². The zero-order chi connectivity index (χ0) is 12.1. The van der Waals surface area contributed by atoms with Crippen molar-refractivity contribution in [1.82, 2.24) is 15.3 Å². The maximum absolute atomic E-state index is 11.7. The van der Waals surface area contributed by atoms with Gasteiger partial charge in [-0.3, -0.25) is 15.6 Å². The highest BCUT2D eigenvalue weighted by atomic mass is 32.1. The summed E-state index contributed by atoms with van der Waals surface area (Å²) in [7, 11) is 0. The van der Waals surface area contributed by atoms with Gasteiger partial charge in [-0.25, -0.2) is 4.98 Å². The van der Waals surface area contributed by atoms with E-state index in [4.69, 9.17) is 5.84 Å². The number of carbonyl (C=O) groups excluding carboxylic acids is 1. The number of nitrogens with two attached hydrogens (primary N) is 1. The van der Waals surface area contributed by atoms with Gasteiger partial charge in [-0.1, -0.05) is 0 Å². The Kier molecular flexibility index (Phi) is 3.63. The number of hydrogen-bond acceptors (Lipinski definition) is 6. The van der Waals surface area contributed by atoms with Gasteiger partial charge < -0.3 is 10.7 Å². The molecule has 4 N–H and O–H groups in total. The summed E-state index contributed by atoms with van der Waals surface area (Å²) in [6.45, 7) is 0.393. The van der Waals surface area contributed by atoms with Crippen LogP contribution in [0.1, 0.15) is 16.2 Å². The Bertz CT molecular complexity index is 499. The molecule has 0 aliphatic heterocycles. The number of nitrogens with zero attached hydrogens (tertiary/aromatic N) is 2. The topological polar surface area (TPSA) is 92.9 Å². The van der Waals surface area contributed by atoms with Crippen LogP contribution in [0.15, 0.2) is 29.2 Å². The van der Waals surface area contributed by atoms with Gasteiger partial charge in [0, 0.05) is 11.6 Å². The van der Waals surface area contributed by atoms with Gasteiger partial charge in [0.05, 0.1) is 23.4 Å². The fourth-order valence-electron chi connectivity index (χ4n) is 1.23. The van der Waals surface area contributed by atoms with E-state index < -0.39 is 0 Å². The Hall–Kier alpha value is -1.99. The summed E-state index contributed by atoms with van der Waals surface area (Å²) < 4.78 is 0. The molecule has 0 saturated heterocycles. The number of nitrogen functional groups attached to an aromatic ring is 1. The minimum absolute atomic E-state index is 0.255. The van der Waals surface area contributed by atoms with Crippen LogP contribution in [0, 0.1) is 0 Å². The highest BCUT2D eigenvalue weighted by molar-refractivity contribution is 7.07. The zero-order valence-corrected chi connectivity index (χ0v) is 9.70. The van der Waals surface area contributed by atoms with Crippen LogP contribution in [0.4, 0.5) is 5.69 Å². The maximum atomic E-state index is 11.7. The second-order valence-corrected chi connectivity index (χ2v) is 3.96. The van der Waals surface area contributed by atoms with E-state index in [9.17, 15) is 4.79 Å². The van der Waals surface area contributed by atoms with Gasteiger partial charge >= 0.3 is 0 Å². The quantitative estimate of drug-likeness (QED) is 0.549. The molecule has 0 saturated carbocycles. The number of rotatable bonds is 4. The van der Waals surface area contributed by atoms with Gasteiger partial charge in [0.25, 0.3) is 5.91 Å². The summed E-state index contributed by atoms with van der Waals surface area (Å²) in [6.07, 6.45) is 1.52. The highest BCUT2D eigenvalue weighted by Gasteiger charge is 2.07. The van der Waals surface area contributed by atoms with Gasteiger partial charge in [-0.2, -0.15) is 0 Å². The number of carbonyl (C=O) groups is 1. The van der Waals surface area contributed by atoms with Crippen molar-refractivity contribution < 1.29 is 4.79 Å². The zero-order valence-electron chi connectivity index (χ0n) is 8.88. The predicted octanol–water partition coefficient (Wildman–Crippen LogP) is 0.754. The average Bonchev–Trinajstić information content (AvgIpc) is 2.89. The molecule has 0 fully saturated rings. The molecule has 1 amide bonds. The smallest absolute Gasteiger partial charge is 0.270 e. The maximum Gasteiger partial charge on any atom is 0.270 e. The lowest BCUT2D eigenvalue weighted by atomic mass is 10.3. The lowest BCUT2D eigenvalue weighted by Crippen LogP contribution is -2.24. The summed E-state index contributed by atoms with van der Waals surface area (Å²) in [4.78, 5) is 19.8. The van der Waals surface area contributed by atoms with Crippen LogP contribution >= 0.6 is 11.3 Å². The Labute approximate surface area is 102 Å². The molecule has 0 spiro atoms. The molecule has 0 aliphatic rings. The van der Waals surface area contributed by atoms with Crippen LogP contribution in [-0.2, 0) is 6.54 Å². The van der Waals surface area contributed by atoms with E-state index in [1.807, 2.05) is 5.38 Å². The van der Waals surface area contributed by atoms with E-state index in [2.05, 4.69) is 20.7 Å². The SMILES string of the molecule is NNc1ccnc(C(=O)NCc2cscn2)c1. The molecule has 2 aromatic heterocycles. The molecule has 0 radical (unpaired) electrons. The molecule has 17 heavy (non-hydrogen) atoms. The summed E-state index contributed by atoms with van der Waals surface area (Å²) in [6, 6.07) is 3.26. The molecule has 0 bridgehead atoms. The number of hydrazine groups is 1. The molecule has 2 rings (SSSR count). The van der Waals surface area contributed by atoms with Crippen molar-refractivity contribution in [3.8, 4) is 0 Å². The van der Waals surface area contributed by atoms with E-state index in [1.54, 1.807) is 17.6 Å². The van der Waals surface area contributed by atoms with Crippen molar-refractivity contribution in [3.63, 3.8) is 0 Å². The fraction of sp³-hybridized carbons (Fsp3) is 0.100. The number of pyridine rings is 1. The van der Waals surface area contributed by atoms with Crippen molar-refractivity contribution in [2.24, 2.45) is 5.84 Å². The first-order chi connectivity index (χ1) is 8.29. The van der Waals surface area contributed by atoms with Crippen LogP contribution in [0.5, 0.6) is 0 Å². The summed E-state index contributed by atoms with van der Waals surface area (Å²) in [5, 5.41) is 4.61.